The van der Waals surface area contributed by atoms with Crippen LogP contribution in [0.2, 0.25) is 0 Å². The number of halogens is 1. The Bertz CT molecular complexity index is 874. The first-order valence-electron chi connectivity index (χ1n) is 8.75. The molecule has 0 fully saturated rings. The van der Waals surface area contributed by atoms with Crippen molar-refractivity contribution in [1.29, 1.82) is 0 Å². The predicted octanol–water partition coefficient (Wildman–Crippen LogP) is 4.53. The number of ether oxygens (including phenoxy) is 3. The van der Waals surface area contributed by atoms with Gasteiger partial charge in [0.15, 0.2) is 16.6 Å². The maximum atomic E-state index is 13.5. The van der Waals surface area contributed by atoms with E-state index in [9.17, 15) is 9.18 Å². The van der Waals surface area contributed by atoms with Crippen molar-refractivity contribution < 1.29 is 23.4 Å². The lowest BCUT2D eigenvalue weighted by Gasteiger charge is -2.19. The predicted molar refractivity (Wildman–Crippen MR) is 111 cm³/mol. The third-order valence-electron chi connectivity index (χ3n) is 3.76. The van der Waals surface area contributed by atoms with Gasteiger partial charge in [-0.05, 0) is 62.8 Å². The van der Waals surface area contributed by atoms with Crippen molar-refractivity contribution in [2.75, 3.05) is 31.0 Å². The Morgan fingerprint density at radius 1 is 1.07 bits per heavy atom. The fourth-order valence-corrected chi connectivity index (χ4v) is 2.71. The van der Waals surface area contributed by atoms with Crippen LogP contribution in [0.4, 0.5) is 15.8 Å². The average molecular weight is 406 g/mol. The fourth-order valence-electron chi connectivity index (χ4n) is 2.49. The number of benzene rings is 2. The molecule has 0 unspecified atom stereocenters. The molecule has 0 saturated carbocycles. The van der Waals surface area contributed by atoms with Gasteiger partial charge in [-0.15, -0.1) is 0 Å². The molecule has 0 heterocycles. The molecule has 0 aliphatic heterocycles. The maximum Gasteiger partial charge on any atom is 0.338 e. The van der Waals surface area contributed by atoms with E-state index in [4.69, 9.17) is 26.4 Å². The summed E-state index contributed by atoms with van der Waals surface area (Å²) in [6, 6.07) is 7.49. The number of nitrogens with one attached hydrogen (secondary N) is 2. The Morgan fingerprint density at radius 3 is 2.39 bits per heavy atom. The Labute approximate surface area is 169 Å². The van der Waals surface area contributed by atoms with E-state index < -0.39 is 5.97 Å². The molecule has 2 rings (SSSR count). The summed E-state index contributed by atoms with van der Waals surface area (Å²) in [6.45, 7) is 6.26. The highest BCUT2D eigenvalue weighted by molar-refractivity contribution is 7.80. The zero-order chi connectivity index (χ0) is 20.7. The van der Waals surface area contributed by atoms with E-state index in [1.54, 1.807) is 18.2 Å². The number of rotatable bonds is 7. The van der Waals surface area contributed by atoms with Gasteiger partial charge >= 0.3 is 5.97 Å². The molecule has 0 aliphatic carbocycles. The van der Waals surface area contributed by atoms with Crippen LogP contribution in [0, 0.1) is 12.7 Å². The molecule has 28 heavy (non-hydrogen) atoms. The van der Waals surface area contributed by atoms with E-state index in [1.807, 2.05) is 20.8 Å². The molecule has 2 aromatic carbocycles. The normalized spacial score (nSPS) is 10.2. The van der Waals surface area contributed by atoms with Gasteiger partial charge in [0.25, 0.3) is 0 Å². The summed E-state index contributed by atoms with van der Waals surface area (Å²) in [5.74, 6) is -0.0965. The topological polar surface area (TPSA) is 68.8 Å². The summed E-state index contributed by atoms with van der Waals surface area (Å²) in [6.07, 6.45) is 0. The first-order valence-corrected chi connectivity index (χ1v) is 9.16. The minimum absolute atomic E-state index is 0.208. The Kier molecular flexibility index (Phi) is 7.57. The summed E-state index contributed by atoms with van der Waals surface area (Å²) in [4.78, 5) is 12.0. The van der Waals surface area contributed by atoms with Crippen LogP contribution < -0.4 is 20.1 Å². The number of hydrogen-bond acceptors (Lipinski definition) is 5. The molecule has 8 heteroatoms. The van der Waals surface area contributed by atoms with E-state index in [0.717, 1.165) is 5.56 Å². The van der Waals surface area contributed by atoms with Gasteiger partial charge in [0, 0.05) is 5.69 Å². The Balaban J connectivity index is 2.37. The van der Waals surface area contributed by atoms with Crippen molar-refractivity contribution in [3.8, 4) is 11.5 Å². The van der Waals surface area contributed by atoms with Crippen molar-refractivity contribution in [3.63, 3.8) is 0 Å². The maximum absolute atomic E-state index is 13.5. The first-order chi connectivity index (χ1) is 13.4. The molecular formula is C20H23FN2O4S. The quantitative estimate of drug-likeness (QED) is 0.517. The number of carbonyl (C=O) groups excluding carboxylic acids is 1. The van der Waals surface area contributed by atoms with E-state index in [0.29, 0.717) is 36.1 Å². The molecule has 6 nitrogen and oxygen atoms in total. The molecule has 0 saturated heterocycles. The molecular weight excluding hydrogens is 383 g/mol. The molecule has 0 aromatic heterocycles. The molecule has 0 aliphatic rings. The Morgan fingerprint density at radius 2 is 1.75 bits per heavy atom. The van der Waals surface area contributed by atoms with E-state index in [-0.39, 0.29) is 16.5 Å². The third kappa shape index (κ3) is 5.32. The lowest BCUT2D eigenvalue weighted by Crippen LogP contribution is -2.21. The molecule has 0 radical (unpaired) electrons. The van der Waals surface area contributed by atoms with Crippen LogP contribution in [-0.4, -0.2) is 31.4 Å². The number of hydrogen-bond donors (Lipinski definition) is 2. The highest BCUT2D eigenvalue weighted by Gasteiger charge is 2.18. The number of methoxy groups -OCH3 is 1. The van der Waals surface area contributed by atoms with Crippen LogP contribution in [0.15, 0.2) is 30.3 Å². The zero-order valence-electron chi connectivity index (χ0n) is 16.2. The van der Waals surface area contributed by atoms with Crippen molar-refractivity contribution >= 4 is 34.7 Å². The molecule has 2 N–H and O–H groups in total. The van der Waals surface area contributed by atoms with Crippen molar-refractivity contribution in [2.45, 2.75) is 20.8 Å². The summed E-state index contributed by atoms with van der Waals surface area (Å²) in [5, 5.41) is 6.15. The van der Waals surface area contributed by atoms with Gasteiger partial charge in [-0.2, -0.15) is 0 Å². The largest absolute Gasteiger partial charge is 0.490 e. The van der Waals surface area contributed by atoms with Crippen LogP contribution >= 0.6 is 12.2 Å². The molecule has 2 aromatic rings. The fraction of sp³-hybridized carbons (Fsp3) is 0.300. The van der Waals surface area contributed by atoms with Gasteiger partial charge < -0.3 is 24.8 Å². The zero-order valence-corrected chi connectivity index (χ0v) is 17.0. The average Bonchev–Trinajstić information content (AvgIpc) is 2.66. The lowest BCUT2D eigenvalue weighted by molar-refractivity contribution is 0.0600. The van der Waals surface area contributed by atoms with Crippen LogP contribution in [0.1, 0.15) is 29.8 Å². The van der Waals surface area contributed by atoms with E-state index >= 15 is 0 Å². The number of anilines is 2. The molecule has 0 bridgehead atoms. The SMILES string of the molecule is CCOc1cc(C(=O)OC)cc(NC(=S)Nc2cc(F)ccc2C)c1OCC. The second-order valence-electron chi connectivity index (χ2n) is 5.75. The monoisotopic (exact) mass is 406 g/mol. The highest BCUT2D eigenvalue weighted by atomic mass is 32.1. The van der Waals surface area contributed by atoms with Gasteiger partial charge in [-0.25, -0.2) is 9.18 Å². The number of aryl methyl sites for hydroxylation is 1. The van der Waals surface area contributed by atoms with Crippen molar-refractivity contribution in [1.82, 2.24) is 0 Å². The van der Waals surface area contributed by atoms with Gasteiger partial charge in [0.05, 0.1) is 31.6 Å². The third-order valence-corrected chi connectivity index (χ3v) is 3.96. The van der Waals surface area contributed by atoms with Gasteiger partial charge in [-0.1, -0.05) is 6.07 Å². The summed E-state index contributed by atoms with van der Waals surface area (Å²) in [7, 11) is 1.30. The van der Waals surface area contributed by atoms with E-state index in [1.165, 1.54) is 19.2 Å². The second-order valence-corrected chi connectivity index (χ2v) is 6.16. The van der Waals surface area contributed by atoms with Gasteiger partial charge in [0.1, 0.15) is 5.82 Å². The minimum atomic E-state index is -0.521. The van der Waals surface area contributed by atoms with Gasteiger partial charge in [-0.3, -0.25) is 0 Å². The van der Waals surface area contributed by atoms with Crippen molar-refractivity contribution in [2.24, 2.45) is 0 Å². The lowest BCUT2D eigenvalue weighted by atomic mass is 10.1. The van der Waals surface area contributed by atoms with Crippen LogP contribution in [0.25, 0.3) is 0 Å². The highest BCUT2D eigenvalue weighted by Crippen LogP contribution is 2.37. The smallest absolute Gasteiger partial charge is 0.338 e. The molecule has 0 atom stereocenters. The Hall–Kier alpha value is -2.87. The number of thiocarbonyl (C=S) groups is 1. The van der Waals surface area contributed by atoms with Crippen molar-refractivity contribution in [3.05, 3.63) is 47.3 Å². The van der Waals surface area contributed by atoms with Crippen LogP contribution in [0.5, 0.6) is 11.5 Å². The van der Waals surface area contributed by atoms with Crippen LogP contribution in [0.3, 0.4) is 0 Å². The first kappa shape index (κ1) is 21.4. The second kappa shape index (κ2) is 9.89. The van der Waals surface area contributed by atoms with Gasteiger partial charge in [0.2, 0.25) is 0 Å². The van der Waals surface area contributed by atoms with Crippen LogP contribution in [-0.2, 0) is 4.74 Å². The summed E-state index contributed by atoms with van der Waals surface area (Å²) in [5.41, 5.74) is 2.07. The number of esters is 1. The summed E-state index contributed by atoms with van der Waals surface area (Å²) < 4.78 is 29.6. The number of carbonyl (C=O) groups is 1. The molecule has 0 amide bonds. The molecule has 150 valence electrons. The summed E-state index contributed by atoms with van der Waals surface area (Å²) >= 11 is 5.35. The standard InChI is InChI=1S/C20H23FN2O4S/c1-5-26-17-10-13(19(24)25-4)9-16(18(17)27-6-2)23-20(28)22-15-11-14(21)8-7-12(15)3/h7-11H,5-6H2,1-4H3,(H2,22,23,28). The van der Waals surface area contributed by atoms with E-state index in [2.05, 4.69) is 10.6 Å². The minimum Gasteiger partial charge on any atom is -0.490 e. The molecule has 0 spiro atoms.